The number of fused-ring (bicyclic) bond motifs is 3. The highest BCUT2D eigenvalue weighted by Gasteiger charge is 2.12. The fraction of sp³-hybridized carbons (Fsp3) is 0.421. The van der Waals surface area contributed by atoms with Crippen LogP contribution in [-0.4, -0.2) is 45.5 Å². The lowest BCUT2D eigenvalue weighted by atomic mass is 10.1. The molecule has 26 heavy (non-hydrogen) atoms. The van der Waals surface area contributed by atoms with Gasteiger partial charge in [0.15, 0.2) is 10.8 Å². The fourth-order valence-corrected chi connectivity index (χ4v) is 3.55. The molecule has 1 aromatic carbocycles. The van der Waals surface area contributed by atoms with Gasteiger partial charge >= 0.3 is 0 Å². The summed E-state index contributed by atoms with van der Waals surface area (Å²) in [7, 11) is 0. The molecule has 0 aliphatic carbocycles. The molecular formula is C19H24N4O2S. The van der Waals surface area contributed by atoms with E-state index in [4.69, 9.17) is 4.74 Å². The second-order valence-corrected chi connectivity index (χ2v) is 7.37. The minimum atomic E-state index is -0.00675. The van der Waals surface area contributed by atoms with Crippen LogP contribution in [0.4, 0.5) is 0 Å². The smallest absolute Gasteiger partial charge is 0.230 e. The minimum absolute atomic E-state index is 0.00675. The Morgan fingerprint density at radius 2 is 2.12 bits per heavy atom. The third-order valence-electron chi connectivity index (χ3n) is 4.00. The highest BCUT2D eigenvalue weighted by atomic mass is 32.2. The molecule has 0 aliphatic rings. The molecular weight excluding hydrogens is 348 g/mol. The van der Waals surface area contributed by atoms with Crippen LogP contribution in [0, 0.1) is 6.92 Å². The van der Waals surface area contributed by atoms with Gasteiger partial charge in [0.2, 0.25) is 5.91 Å². The first-order chi connectivity index (χ1) is 12.6. The number of aryl methyl sites for hydroxylation is 1. The minimum Gasteiger partial charge on any atom is -0.379 e. The van der Waals surface area contributed by atoms with E-state index in [0.29, 0.717) is 18.9 Å². The van der Waals surface area contributed by atoms with Crippen LogP contribution in [0.1, 0.15) is 25.8 Å². The molecule has 3 rings (SSSR count). The van der Waals surface area contributed by atoms with Gasteiger partial charge in [0, 0.05) is 18.5 Å². The van der Waals surface area contributed by atoms with Crippen LogP contribution >= 0.6 is 11.8 Å². The van der Waals surface area contributed by atoms with Crippen molar-refractivity contribution in [3.05, 3.63) is 35.9 Å². The van der Waals surface area contributed by atoms with E-state index >= 15 is 0 Å². The fourth-order valence-electron chi connectivity index (χ4n) is 2.77. The van der Waals surface area contributed by atoms with Crippen LogP contribution in [0.2, 0.25) is 0 Å². The average Bonchev–Trinajstić information content (AvgIpc) is 3.02. The molecule has 0 radical (unpaired) electrons. The molecule has 0 atom stereocenters. The Hall–Kier alpha value is -2.12. The van der Waals surface area contributed by atoms with Crippen LogP contribution in [-0.2, 0) is 9.53 Å². The van der Waals surface area contributed by atoms with Crippen molar-refractivity contribution < 1.29 is 9.53 Å². The summed E-state index contributed by atoms with van der Waals surface area (Å²) in [5.41, 5.74) is 3.02. The number of ether oxygens (including phenoxy) is 1. The molecule has 2 aromatic heterocycles. The number of benzene rings is 1. The van der Waals surface area contributed by atoms with E-state index < -0.39 is 0 Å². The largest absolute Gasteiger partial charge is 0.379 e. The molecule has 1 amide bonds. The summed E-state index contributed by atoms with van der Waals surface area (Å²) in [5.74, 6) is 0.307. The molecule has 0 saturated heterocycles. The van der Waals surface area contributed by atoms with E-state index in [1.807, 2.05) is 36.4 Å². The summed E-state index contributed by atoms with van der Waals surface area (Å²) in [6.45, 7) is 7.35. The molecule has 7 heteroatoms. The summed E-state index contributed by atoms with van der Waals surface area (Å²) < 4.78 is 7.47. The van der Waals surface area contributed by atoms with Gasteiger partial charge in [-0.1, -0.05) is 30.0 Å². The first-order valence-electron chi connectivity index (χ1n) is 8.81. The van der Waals surface area contributed by atoms with Gasteiger partial charge in [0.1, 0.15) is 0 Å². The van der Waals surface area contributed by atoms with Gasteiger partial charge in [-0.2, -0.15) is 0 Å². The second kappa shape index (κ2) is 8.51. The second-order valence-electron chi connectivity index (χ2n) is 6.43. The summed E-state index contributed by atoms with van der Waals surface area (Å²) >= 11 is 1.40. The molecule has 1 N–H and O–H groups in total. The number of rotatable bonds is 8. The predicted molar refractivity (Wildman–Crippen MR) is 105 cm³/mol. The number of thioether (sulfide) groups is 1. The first kappa shape index (κ1) is 18.7. The normalized spacial score (nSPS) is 11.5. The zero-order valence-electron chi connectivity index (χ0n) is 15.4. The molecule has 0 saturated carbocycles. The van der Waals surface area contributed by atoms with Gasteiger partial charge in [0.05, 0.1) is 17.4 Å². The number of aromatic nitrogens is 3. The van der Waals surface area contributed by atoms with Crippen LogP contribution < -0.4 is 5.32 Å². The summed E-state index contributed by atoms with van der Waals surface area (Å²) in [4.78, 5) is 12.1. The van der Waals surface area contributed by atoms with Crippen molar-refractivity contribution in [2.45, 2.75) is 38.5 Å². The summed E-state index contributed by atoms with van der Waals surface area (Å²) in [5, 5.41) is 13.3. The van der Waals surface area contributed by atoms with E-state index in [1.54, 1.807) is 0 Å². The van der Waals surface area contributed by atoms with E-state index in [-0.39, 0.29) is 12.0 Å². The van der Waals surface area contributed by atoms with E-state index in [9.17, 15) is 4.79 Å². The molecule has 6 nitrogen and oxygen atoms in total. The molecule has 0 fully saturated rings. The molecule has 2 heterocycles. The Labute approximate surface area is 157 Å². The Bertz CT molecular complexity index is 907. The Balaban J connectivity index is 1.63. The maximum atomic E-state index is 12.1. The van der Waals surface area contributed by atoms with E-state index in [0.717, 1.165) is 28.1 Å². The molecule has 0 aliphatic heterocycles. The first-order valence-corrected chi connectivity index (χ1v) is 9.79. The van der Waals surface area contributed by atoms with Crippen molar-refractivity contribution in [1.29, 1.82) is 0 Å². The van der Waals surface area contributed by atoms with Crippen molar-refractivity contribution in [3.63, 3.8) is 0 Å². The number of hydrogen-bond donors (Lipinski definition) is 1. The molecule has 3 aromatic rings. The number of pyridine rings is 1. The summed E-state index contributed by atoms with van der Waals surface area (Å²) in [6, 6.07) is 10.2. The van der Waals surface area contributed by atoms with Crippen LogP contribution in [0.5, 0.6) is 0 Å². The Morgan fingerprint density at radius 3 is 2.92 bits per heavy atom. The maximum Gasteiger partial charge on any atom is 0.230 e. The molecule has 0 unspecified atom stereocenters. The van der Waals surface area contributed by atoms with Gasteiger partial charge in [-0.25, -0.2) is 0 Å². The van der Waals surface area contributed by atoms with Crippen molar-refractivity contribution in [2.75, 3.05) is 18.9 Å². The van der Waals surface area contributed by atoms with Gasteiger partial charge in [-0.05, 0) is 44.9 Å². The quantitative estimate of drug-likeness (QED) is 0.486. The van der Waals surface area contributed by atoms with Crippen molar-refractivity contribution in [2.24, 2.45) is 0 Å². The highest BCUT2D eigenvalue weighted by molar-refractivity contribution is 7.99. The maximum absolute atomic E-state index is 12.1. The topological polar surface area (TPSA) is 68.5 Å². The summed E-state index contributed by atoms with van der Waals surface area (Å²) in [6.07, 6.45) is 1.03. The highest BCUT2D eigenvalue weighted by Crippen LogP contribution is 2.25. The zero-order chi connectivity index (χ0) is 18.5. The van der Waals surface area contributed by atoms with Gasteiger partial charge < -0.3 is 10.1 Å². The van der Waals surface area contributed by atoms with Crippen LogP contribution in [0.15, 0.2) is 35.5 Å². The Morgan fingerprint density at radius 1 is 1.31 bits per heavy atom. The third kappa shape index (κ3) is 4.34. The lowest BCUT2D eigenvalue weighted by Crippen LogP contribution is -2.27. The number of carbonyl (C=O) groups is 1. The molecule has 138 valence electrons. The monoisotopic (exact) mass is 372 g/mol. The number of nitrogens with zero attached hydrogens (tertiary/aromatic N) is 3. The van der Waals surface area contributed by atoms with Crippen LogP contribution in [0.3, 0.4) is 0 Å². The Kier molecular flexibility index (Phi) is 6.11. The number of para-hydroxylation sites is 1. The van der Waals surface area contributed by atoms with E-state index in [2.05, 4.69) is 34.6 Å². The lowest BCUT2D eigenvalue weighted by molar-refractivity contribution is -0.118. The average molecular weight is 372 g/mol. The molecule has 0 spiro atoms. The van der Waals surface area contributed by atoms with Crippen LogP contribution in [0.25, 0.3) is 16.6 Å². The number of nitrogens with one attached hydrogen (secondary N) is 1. The third-order valence-corrected chi connectivity index (χ3v) is 4.93. The van der Waals surface area contributed by atoms with Gasteiger partial charge in [-0.3, -0.25) is 9.20 Å². The standard InChI is InChI=1S/C19H24N4O2S/c1-13(2)25-10-6-9-20-18(24)12-26-19-22-21-17-11-14(3)15-7-4-5-8-16(15)23(17)19/h4-5,7-8,11,13H,6,9-10,12H2,1-3H3,(H,20,24). The number of carbonyl (C=O) groups excluding carboxylic acids is 1. The predicted octanol–water partition coefficient (Wildman–Crippen LogP) is 3.21. The SMILES string of the molecule is Cc1cc2nnc(SCC(=O)NCCCOC(C)C)n2c2ccccc12. The number of hydrogen-bond acceptors (Lipinski definition) is 5. The number of amides is 1. The van der Waals surface area contributed by atoms with E-state index in [1.165, 1.54) is 17.3 Å². The molecule has 0 bridgehead atoms. The zero-order valence-corrected chi connectivity index (χ0v) is 16.2. The van der Waals surface area contributed by atoms with Gasteiger partial charge in [0.25, 0.3) is 0 Å². The van der Waals surface area contributed by atoms with Crippen molar-refractivity contribution in [3.8, 4) is 0 Å². The lowest BCUT2D eigenvalue weighted by Gasteiger charge is -2.09. The van der Waals surface area contributed by atoms with Gasteiger partial charge in [-0.15, -0.1) is 10.2 Å². The van der Waals surface area contributed by atoms with Crippen molar-refractivity contribution >= 4 is 34.2 Å². The van der Waals surface area contributed by atoms with Crippen molar-refractivity contribution in [1.82, 2.24) is 19.9 Å².